The Kier molecular flexibility index (Phi) is 5.58. The molecule has 5 rings (SSSR count). The summed E-state index contributed by atoms with van der Waals surface area (Å²) in [6, 6.07) is 19.7. The highest BCUT2D eigenvalue weighted by Gasteiger charge is 2.31. The van der Waals surface area contributed by atoms with Crippen LogP contribution in [-0.4, -0.2) is 36.1 Å². The fourth-order valence-electron chi connectivity index (χ4n) is 4.12. The Balaban J connectivity index is 1.30. The molecule has 3 aromatic carbocycles. The topological polar surface area (TPSA) is 116 Å². The molecule has 0 bridgehead atoms. The van der Waals surface area contributed by atoms with E-state index in [9.17, 15) is 24.0 Å². The van der Waals surface area contributed by atoms with Crippen LogP contribution in [0.15, 0.2) is 72.8 Å². The molecule has 0 unspecified atom stereocenters. The van der Waals surface area contributed by atoms with Crippen LogP contribution in [0.2, 0.25) is 0 Å². The number of rotatable bonds is 4. The van der Waals surface area contributed by atoms with Crippen molar-refractivity contribution in [3.8, 4) is 0 Å². The predicted octanol–water partition coefficient (Wildman–Crippen LogP) is 3.19. The Labute approximate surface area is 200 Å². The Morgan fingerprint density at radius 1 is 0.800 bits per heavy atom. The van der Waals surface area contributed by atoms with Gasteiger partial charge in [-0.15, -0.1) is 0 Å². The number of fused-ring (bicyclic) bond motifs is 1. The smallest absolute Gasteiger partial charge is 0.258 e. The van der Waals surface area contributed by atoms with Crippen LogP contribution in [0.5, 0.6) is 0 Å². The summed E-state index contributed by atoms with van der Waals surface area (Å²) in [5, 5.41) is 5.50. The first-order chi connectivity index (χ1) is 16.9. The quantitative estimate of drug-likeness (QED) is 0.571. The molecule has 174 valence electrons. The van der Waals surface area contributed by atoms with Crippen LogP contribution in [0.4, 0.5) is 22.7 Å². The van der Waals surface area contributed by atoms with Crippen LogP contribution in [0.3, 0.4) is 0 Å². The van der Waals surface area contributed by atoms with E-state index in [1.807, 2.05) is 0 Å². The average molecular weight is 468 g/mol. The highest BCUT2D eigenvalue weighted by molar-refractivity contribution is 6.20. The van der Waals surface area contributed by atoms with E-state index < -0.39 is 5.91 Å². The molecule has 0 radical (unpaired) electrons. The standard InChI is InChI=1S/C26H20N4O5/c31-22-15-29(21-7-2-1-6-20(21)28-22)26(35)16-8-10-18(11-9-16)27-25(34)17-4-3-5-19(14-17)30-23(32)12-13-24(30)33/h1-11,14H,12-13,15H2,(H,27,34)(H,28,31). The van der Waals surface area contributed by atoms with Gasteiger partial charge in [-0.05, 0) is 54.6 Å². The maximum Gasteiger partial charge on any atom is 0.258 e. The number of carbonyl (C=O) groups is 5. The molecule has 2 aliphatic heterocycles. The summed E-state index contributed by atoms with van der Waals surface area (Å²) >= 11 is 0. The molecule has 0 saturated carbocycles. The van der Waals surface area contributed by atoms with E-state index in [1.165, 1.54) is 11.0 Å². The summed E-state index contributed by atoms with van der Waals surface area (Å²) in [6.45, 7) is -0.0906. The van der Waals surface area contributed by atoms with Crippen molar-refractivity contribution in [2.24, 2.45) is 0 Å². The zero-order valence-corrected chi connectivity index (χ0v) is 18.5. The fourth-order valence-corrected chi connectivity index (χ4v) is 4.12. The second-order valence-electron chi connectivity index (χ2n) is 8.16. The number of nitrogens with zero attached hydrogens (tertiary/aromatic N) is 2. The van der Waals surface area contributed by atoms with Crippen LogP contribution in [0.25, 0.3) is 0 Å². The van der Waals surface area contributed by atoms with Gasteiger partial charge in [0.15, 0.2) is 0 Å². The van der Waals surface area contributed by atoms with Crippen LogP contribution in [0, 0.1) is 0 Å². The third-order valence-electron chi connectivity index (χ3n) is 5.82. The number of amides is 5. The number of imide groups is 1. The molecule has 1 saturated heterocycles. The van der Waals surface area contributed by atoms with Gasteiger partial charge >= 0.3 is 0 Å². The van der Waals surface area contributed by atoms with E-state index in [4.69, 9.17) is 0 Å². The zero-order chi connectivity index (χ0) is 24.5. The van der Waals surface area contributed by atoms with Crippen molar-refractivity contribution in [2.75, 3.05) is 27.0 Å². The summed E-state index contributed by atoms with van der Waals surface area (Å²) < 4.78 is 0. The van der Waals surface area contributed by atoms with Crippen molar-refractivity contribution < 1.29 is 24.0 Å². The Morgan fingerprint density at radius 3 is 2.26 bits per heavy atom. The highest BCUT2D eigenvalue weighted by atomic mass is 16.2. The second-order valence-corrected chi connectivity index (χ2v) is 8.16. The molecule has 9 nitrogen and oxygen atoms in total. The van der Waals surface area contributed by atoms with Crippen molar-refractivity contribution in [1.82, 2.24) is 0 Å². The molecule has 2 heterocycles. The van der Waals surface area contributed by atoms with Crippen LogP contribution in [-0.2, 0) is 14.4 Å². The molecule has 0 spiro atoms. The van der Waals surface area contributed by atoms with Crippen LogP contribution >= 0.6 is 0 Å². The zero-order valence-electron chi connectivity index (χ0n) is 18.5. The summed E-state index contributed by atoms with van der Waals surface area (Å²) in [4.78, 5) is 64.4. The number of carbonyl (C=O) groups excluding carboxylic acids is 5. The third-order valence-corrected chi connectivity index (χ3v) is 5.82. The predicted molar refractivity (Wildman–Crippen MR) is 129 cm³/mol. The third kappa shape index (κ3) is 4.26. The van der Waals surface area contributed by atoms with Gasteiger partial charge in [-0.25, -0.2) is 0 Å². The molecule has 0 aliphatic carbocycles. The van der Waals surface area contributed by atoms with Gasteiger partial charge in [-0.3, -0.25) is 33.8 Å². The van der Waals surface area contributed by atoms with E-state index in [0.29, 0.717) is 28.3 Å². The normalized spacial score (nSPS) is 15.0. The molecular formula is C26H20N4O5. The molecule has 0 aromatic heterocycles. The first-order valence-electron chi connectivity index (χ1n) is 11.0. The van der Waals surface area contributed by atoms with Gasteiger partial charge in [0.05, 0.1) is 17.1 Å². The lowest BCUT2D eigenvalue weighted by molar-refractivity contribution is -0.121. The summed E-state index contributed by atoms with van der Waals surface area (Å²) in [6.07, 6.45) is 0.321. The van der Waals surface area contributed by atoms with E-state index in [1.54, 1.807) is 66.7 Å². The van der Waals surface area contributed by atoms with E-state index in [-0.39, 0.29) is 48.6 Å². The van der Waals surface area contributed by atoms with Crippen molar-refractivity contribution in [3.63, 3.8) is 0 Å². The maximum atomic E-state index is 13.1. The van der Waals surface area contributed by atoms with E-state index in [2.05, 4.69) is 10.6 Å². The number of para-hydroxylation sites is 2. The van der Waals surface area contributed by atoms with Crippen molar-refractivity contribution >= 4 is 52.3 Å². The molecular weight excluding hydrogens is 448 g/mol. The Morgan fingerprint density at radius 2 is 1.51 bits per heavy atom. The van der Waals surface area contributed by atoms with Gasteiger partial charge < -0.3 is 10.6 Å². The monoisotopic (exact) mass is 468 g/mol. The van der Waals surface area contributed by atoms with Crippen molar-refractivity contribution in [3.05, 3.63) is 83.9 Å². The Bertz CT molecular complexity index is 1370. The van der Waals surface area contributed by atoms with Gasteiger partial charge in [0.25, 0.3) is 11.8 Å². The molecule has 1 fully saturated rings. The molecule has 2 aliphatic rings. The van der Waals surface area contributed by atoms with Crippen LogP contribution in [0.1, 0.15) is 33.6 Å². The molecule has 35 heavy (non-hydrogen) atoms. The first kappa shape index (κ1) is 22.0. The number of hydrogen-bond acceptors (Lipinski definition) is 5. The SMILES string of the molecule is O=C1CN(C(=O)c2ccc(NC(=O)c3cccc(N4C(=O)CCC4=O)c3)cc2)c2ccccc2N1. The Hall–Kier alpha value is -4.79. The van der Waals surface area contributed by atoms with Crippen molar-refractivity contribution in [2.45, 2.75) is 12.8 Å². The summed E-state index contributed by atoms with van der Waals surface area (Å²) in [5.41, 5.74) is 2.65. The number of nitrogens with one attached hydrogen (secondary N) is 2. The number of hydrogen-bond donors (Lipinski definition) is 2. The van der Waals surface area contributed by atoms with Gasteiger partial charge in [-0.2, -0.15) is 0 Å². The molecule has 0 atom stereocenters. The molecule has 9 heteroatoms. The number of anilines is 4. The van der Waals surface area contributed by atoms with Crippen molar-refractivity contribution in [1.29, 1.82) is 0 Å². The minimum absolute atomic E-state index is 0.0906. The first-order valence-corrected chi connectivity index (χ1v) is 11.0. The largest absolute Gasteiger partial charge is 0.323 e. The lowest BCUT2D eigenvalue weighted by Gasteiger charge is -2.29. The molecule has 2 N–H and O–H groups in total. The second kappa shape index (κ2) is 8.86. The fraction of sp³-hybridized carbons (Fsp3) is 0.115. The lowest BCUT2D eigenvalue weighted by atomic mass is 10.1. The summed E-state index contributed by atoms with van der Waals surface area (Å²) in [7, 11) is 0. The summed E-state index contributed by atoms with van der Waals surface area (Å²) in [5.74, 6) is -1.62. The van der Waals surface area contributed by atoms with E-state index in [0.717, 1.165) is 4.90 Å². The van der Waals surface area contributed by atoms with Gasteiger partial charge in [0.2, 0.25) is 17.7 Å². The van der Waals surface area contributed by atoms with Crippen LogP contribution < -0.4 is 20.4 Å². The average Bonchev–Trinajstić information content (AvgIpc) is 3.21. The highest BCUT2D eigenvalue weighted by Crippen LogP contribution is 2.30. The van der Waals surface area contributed by atoms with Gasteiger partial charge in [0, 0.05) is 29.7 Å². The van der Waals surface area contributed by atoms with Gasteiger partial charge in [-0.1, -0.05) is 18.2 Å². The van der Waals surface area contributed by atoms with E-state index >= 15 is 0 Å². The maximum absolute atomic E-state index is 13.1. The van der Waals surface area contributed by atoms with Gasteiger partial charge in [0.1, 0.15) is 6.54 Å². The molecule has 5 amide bonds. The minimum Gasteiger partial charge on any atom is -0.323 e. The number of benzene rings is 3. The minimum atomic E-state index is -0.424. The molecule has 3 aromatic rings. The lowest BCUT2D eigenvalue weighted by Crippen LogP contribution is -2.42.